The number of benzene rings is 2. The van der Waals surface area contributed by atoms with Crippen molar-refractivity contribution in [2.24, 2.45) is 0 Å². The van der Waals surface area contributed by atoms with Gasteiger partial charge in [0.05, 0.1) is 18.0 Å². The van der Waals surface area contributed by atoms with Gasteiger partial charge in [-0.3, -0.25) is 10.1 Å². The summed E-state index contributed by atoms with van der Waals surface area (Å²) in [7, 11) is -2.21. The zero-order chi connectivity index (χ0) is 20.1. The Kier molecular flexibility index (Phi) is 6.02. The monoisotopic (exact) mass is 418 g/mol. The summed E-state index contributed by atoms with van der Waals surface area (Å²) in [6.45, 7) is 1.46. The number of methoxy groups -OCH3 is 1. The number of hydrogen-bond donors (Lipinski definition) is 2. The van der Waals surface area contributed by atoms with Crippen LogP contribution < -0.4 is 14.8 Å². The maximum atomic E-state index is 12.3. The Hall–Kier alpha value is -2.82. The third-order valence-corrected chi connectivity index (χ3v) is 6.22. The molecule has 28 heavy (non-hydrogen) atoms. The molecular formula is C18H18N4O4S2. The number of sulfonamides is 1. The number of rotatable bonds is 7. The number of carbonyl (C=O) groups is 1. The molecule has 0 aliphatic carbocycles. The van der Waals surface area contributed by atoms with E-state index in [1.54, 1.807) is 37.4 Å². The molecule has 2 aromatic carbocycles. The van der Waals surface area contributed by atoms with Crippen molar-refractivity contribution in [3.63, 3.8) is 0 Å². The standard InChI is InChI=1S/C18H18N4O4S2/c1-12(22-28(24,25)15-6-4-3-5-7-15)16(23)19-18-21-20-17(27-18)13-8-10-14(26-2)11-9-13/h3-12,22H,1-2H3,(H,19,21,23)/t12-/m1/s1. The number of amides is 1. The fourth-order valence-electron chi connectivity index (χ4n) is 2.29. The third-order valence-electron chi connectivity index (χ3n) is 3.77. The van der Waals surface area contributed by atoms with E-state index in [-0.39, 0.29) is 10.0 Å². The van der Waals surface area contributed by atoms with Gasteiger partial charge in [-0.1, -0.05) is 29.5 Å². The molecule has 0 aliphatic heterocycles. The maximum absolute atomic E-state index is 12.3. The summed E-state index contributed by atoms with van der Waals surface area (Å²) < 4.78 is 32.1. The van der Waals surface area contributed by atoms with E-state index < -0.39 is 22.0 Å². The largest absolute Gasteiger partial charge is 0.497 e. The second-order valence-electron chi connectivity index (χ2n) is 5.79. The van der Waals surface area contributed by atoms with Gasteiger partial charge < -0.3 is 4.74 Å². The normalized spacial score (nSPS) is 12.4. The zero-order valence-corrected chi connectivity index (χ0v) is 16.8. The van der Waals surface area contributed by atoms with Crippen LogP contribution in [0.25, 0.3) is 10.6 Å². The third kappa shape index (κ3) is 4.71. The van der Waals surface area contributed by atoms with Crippen LogP contribution in [-0.2, 0) is 14.8 Å². The highest BCUT2D eigenvalue weighted by Crippen LogP contribution is 2.27. The van der Waals surface area contributed by atoms with Gasteiger partial charge in [0.25, 0.3) is 0 Å². The Labute approximate surface area is 166 Å². The Morgan fingerprint density at radius 1 is 1.07 bits per heavy atom. The first-order valence-corrected chi connectivity index (χ1v) is 10.5. The molecule has 0 radical (unpaired) electrons. The number of nitrogens with zero attached hydrogens (tertiary/aromatic N) is 2. The second-order valence-corrected chi connectivity index (χ2v) is 8.48. The summed E-state index contributed by atoms with van der Waals surface area (Å²) >= 11 is 1.19. The van der Waals surface area contributed by atoms with Crippen molar-refractivity contribution in [1.82, 2.24) is 14.9 Å². The molecule has 3 rings (SSSR count). The molecule has 1 heterocycles. The first-order chi connectivity index (χ1) is 13.4. The van der Waals surface area contributed by atoms with Crippen LogP contribution in [0.15, 0.2) is 59.5 Å². The topological polar surface area (TPSA) is 110 Å². The molecule has 146 valence electrons. The van der Waals surface area contributed by atoms with E-state index in [0.29, 0.717) is 5.01 Å². The SMILES string of the molecule is COc1ccc(-c2nnc(NC(=O)[C@@H](C)NS(=O)(=O)c3ccccc3)s2)cc1. The van der Waals surface area contributed by atoms with Crippen LogP contribution >= 0.6 is 11.3 Å². The van der Waals surface area contributed by atoms with Gasteiger partial charge in [0.15, 0.2) is 0 Å². The molecule has 1 atom stereocenters. The van der Waals surface area contributed by atoms with Crippen molar-refractivity contribution in [2.45, 2.75) is 17.9 Å². The predicted octanol–water partition coefficient (Wildman–Crippen LogP) is 2.52. The molecule has 0 fully saturated rings. The molecule has 8 nitrogen and oxygen atoms in total. The minimum Gasteiger partial charge on any atom is -0.497 e. The highest BCUT2D eigenvalue weighted by atomic mass is 32.2. The number of hydrogen-bond acceptors (Lipinski definition) is 7. The van der Waals surface area contributed by atoms with Crippen molar-refractivity contribution < 1.29 is 17.9 Å². The van der Waals surface area contributed by atoms with Gasteiger partial charge in [-0.2, -0.15) is 4.72 Å². The van der Waals surface area contributed by atoms with E-state index in [4.69, 9.17) is 4.74 Å². The fraction of sp³-hybridized carbons (Fsp3) is 0.167. The number of carbonyl (C=O) groups excluding carboxylic acids is 1. The fourth-order valence-corrected chi connectivity index (χ4v) is 4.27. The predicted molar refractivity (Wildman–Crippen MR) is 107 cm³/mol. The Bertz CT molecular complexity index is 1050. The molecule has 1 aromatic heterocycles. The zero-order valence-electron chi connectivity index (χ0n) is 15.1. The van der Waals surface area contributed by atoms with Crippen LogP contribution in [0.5, 0.6) is 5.75 Å². The molecule has 0 unspecified atom stereocenters. The second kappa shape index (κ2) is 8.46. The first kappa shape index (κ1) is 19.9. The smallest absolute Gasteiger partial charge is 0.244 e. The Balaban J connectivity index is 1.65. The van der Waals surface area contributed by atoms with Crippen LogP contribution in [0.1, 0.15) is 6.92 Å². The van der Waals surface area contributed by atoms with Gasteiger partial charge in [0, 0.05) is 5.56 Å². The average molecular weight is 419 g/mol. The van der Waals surface area contributed by atoms with Crippen molar-refractivity contribution in [2.75, 3.05) is 12.4 Å². The number of anilines is 1. The summed E-state index contributed by atoms with van der Waals surface area (Å²) in [5, 5.41) is 11.5. The summed E-state index contributed by atoms with van der Waals surface area (Å²) in [6.07, 6.45) is 0. The molecule has 1 amide bonds. The molecule has 0 bridgehead atoms. The van der Waals surface area contributed by atoms with Gasteiger partial charge in [-0.05, 0) is 43.3 Å². The maximum Gasteiger partial charge on any atom is 0.244 e. The van der Waals surface area contributed by atoms with E-state index in [9.17, 15) is 13.2 Å². The average Bonchev–Trinajstić information content (AvgIpc) is 3.17. The van der Waals surface area contributed by atoms with E-state index in [1.807, 2.05) is 12.1 Å². The minimum absolute atomic E-state index is 0.0901. The van der Waals surface area contributed by atoms with Gasteiger partial charge in [-0.15, -0.1) is 10.2 Å². The molecule has 2 N–H and O–H groups in total. The van der Waals surface area contributed by atoms with Crippen LogP contribution in [-0.4, -0.2) is 37.7 Å². The van der Waals surface area contributed by atoms with Crippen LogP contribution in [0, 0.1) is 0 Å². The quantitative estimate of drug-likeness (QED) is 0.610. The molecule has 0 saturated heterocycles. The molecular weight excluding hydrogens is 400 g/mol. The summed E-state index contributed by atoms with van der Waals surface area (Å²) in [5.41, 5.74) is 0.830. The van der Waals surface area contributed by atoms with Crippen molar-refractivity contribution in [3.05, 3.63) is 54.6 Å². The summed E-state index contributed by atoms with van der Waals surface area (Å²) in [6, 6.07) is 14.1. The first-order valence-electron chi connectivity index (χ1n) is 8.25. The van der Waals surface area contributed by atoms with Crippen LogP contribution in [0.4, 0.5) is 5.13 Å². The summed E-state index contributed by atoms with van der Waals surface area (Å²) in [5.74, 6) is 0.193. The highest BCUT2D eigenvalue weighted by molar-refractivity contribution is 7.89. The lowest BCUT2D eigenvalue weighted by Gasteiger charge is -2.13. The Morgan fingerprint density at radius 2 is 1.75 bits per heavy atom. The van der Waals surface area contributed by atoms with Crippen molar-refractivity contribution >= 4 is 32.4 Å². The number of ether oxygens (including phenoxy) is 1. The number of aromatic nitrogens is 2. The minimum atomic E-state index is -3.80. The van der Waals surface area contributed by atoms with Crippen molar-refractivity contribution in [1.29, 1.82) is 0 Å². The molecule has 0 saturated carbocycles. The summed E-state index contributed by atoms with van der Waals surface area (Å²) in [4.78, 5) is 12.4. The van der Waals surface area contributed by atoms with Gasteiger partial charge in [-0.25, -0.2) is 8.42 Å². The van der Waals surface area contributed by atoms with E-state index in [0.717, 1.165) is 11.3 Å². The number of nitrogens with one attached hydrogen (secondary N) is 2. The van der Waals surface area contributed by atoms with Gasteiger partial charge in [0.2, 0.25) is 21.1 Å². The van der Waals surface area contributed by atoms with Crippen molar-refractivity contribution in [3.8, 4) is 16.3 Å². The Morgan fingerprint density at radius 3 is 2.39 bits per heavy atom. The molecule has 0 spiro atoms. The lowest BCUT2D eigenvalue weighted by atomic mass is 10.2. The van der Waals surface area contributed by atoms with Gasteiger partial charge >= 0.3 is 0 Å². The van der Waals surface area contributed by atoms with E-state index in [2.05, 4.69) is 20.2 Å². The highest BCUT2D eigenvalue weighted by Gasteiger charge is 2.22. The van der Waals surface area contributed by atoms with Gasteiger partial charge in [0.1, 0.15) is 10.8 Å². The lowest BCUT2D eigenvalue weighted by molar-refractivity contribution is -0.117. The van der Waals surface area contributed by atoms with Crippen LogP contribution in [0.3, 0.4) is 0 Å². The molecule has 0 aliphatic rings. The molecule has 3 aromatic rings. The lowest BCUT2D eigenvalue weighted by Crippen LogP contribution is -2.41. The van der Waals surface area contributed by atoms with E-state index in [1.165, 1.54) is 30.4 Å². The molecule has 10 heteroatoms. The van der Waals surface area contributed by atoms with Crippen LogP contribution in [0.2, 0.25) is 0 Å². The van der Waals surface area contributed by atoms with E-state index >= 15 is 0 Å².